The number of ether oxygens (including phenoxy) is 2. The molecule has 1 N–H and O–H groups in total. The molecule has 0 fully saturated rings. The van der Waals surface area contributed by atoms with E-state index in [-0.39, 0.29) is 23.9 Å². The fraction of sp³-hybridized carbons (Fsp3) is 0.320. The van der Waals surface area contributed by atoms with E-state index in [2.05, 4.69) is 5.32 Å². The molecule has 4 rings (SSSR count). The summed E-state index contributed by atoms with van der Waals surface area (Å²) >= 11 is 0. The minimum Gasteiger partial charge on any atom is -0.487 e. The van der Waals surface area contributed by atoms with Gasteiger partial charge in [0, 0.05) is 28.9 Å². The van der Waals surface area contributed by atoms with Crippen LogP contribution in [0, 0.1) is 6.92 Å². The molecular weight excluding hydrogens is 410 g/mol. The topological polar surface area (TPSA) is 94.8 Å². The van der Waals surface area contributed by atoms with Crippen molar-refractivity contribution >= 4 is 28.3 Å². The fourth-order valence-corrected chi connectivity index (χ4v) is 3.86. The number of Topliss-reactive ketones (excluding diaryl/α,β-unsaturated/α-hetero) is 1. The minimum absolute atomic E-state index is 0.0436. The van der Waals surface area contributed by atoms with Gasteiger partial charge in [-0.15, -0.1) is 0 Å². The molecule has 0 aliphatic carbocycles. The Morgan fingerprint density at radius 2 is 1.88 bits per heavy atom. The van der Waals surface area contributed by atoms with Crippen LogP contribution in [0.15, 0.2) is 45.6 Å². The number of carbonyl (C=O) groups is 2. The van der Waals surface area contributed by atoms with Crippen LogP contribution in [0.1, 0.15) is 48.7 Å². The Morgan fingerprint density at radius 3 is 2.56 bits per heavy atom. The van der Waals surface area contributed by atoms with Crippen LogP contribution < -0.4 is 20.4 Å². The number of rotatable bonds is 5. The predicted molar refractivity (Wildman–Crippen MR) is 121 cm³/mol. The largest absolute Gasteiger partial charge is 0.487 e. The smallest absolute Gasteiger partial charge is 0.336 e. The van der Waals surface area contributed by atoms with Crippen LogP contribution in [0.2, 0.25) is 0 Å². The van der Waals surface area contributed by atoms with Crippen molar-refractivity contribution in [1.82, 2.24) is 0 Å². The Balaban J connectivity index is 1.60. The molecule has 0 radical (unpaired) electrons. The SMILES string of the molecule is CC(=O)c1ccc(NC(=O)COc2cc3c(c4oc(=O)cc(C)c24)CCC(C)(C)O3)cc1. The van der Waals surface area contributed by atoms with E-state index in [0.29, 0.717) is 45.7 Å². The lowest BCUT2D eigenvalue weighted by Crippen LogP contribution is -2.32. The molecule has 1 aliphatic heterocycles. The van der Waals surface area contributed by atoms with Gasteiger partial charge in [-0.1, -0.05) is 0 Å². The standard InChI is InChI=1S/C25H25NO6/c1-14-11-22(29)31-24-18-9-10-25(3,4)32-19(18)12-20(23(14)24)30-13-21(28)26-17-7-5-16(6-8-17)15(2)27/h5-8,11-12H,9-10,13H2,1-4H3,(H,26,28). The van der Waals surface area contributed by atoms with Crippen molar-refractivity contribution in [3.8, 4) is 11.5 Å². The van der Waals surface area contributed by atoms with Crippen LogP contribution in [-0.4, -0.2) is 23.9 Å². The Labute approximate surface area is 185 Å². The normalized spacial score (nSPS) is 14.4. The average Bonchev–Trinajstić information content (AvgIpc) is 2.71. The quantitative estimate of drug-likeness (QED) is 0.471. The van der Waals surface area contributed by atoms with E-state index in [1.54, 1.807) is 30.3 Å². The van der Waals surface area contributed by atoms with Crippen molar-refractivity contribution in [2.24, 2.45) is 0 Å². The van der Waals surface area contributed by atoms with E-state index < -0.39 is 5.63 Å². The van der Waals surface area contributed by atoms with E-state index in [4.69, 9.17) is 13.9 Å². The van der Waals surface area contributed by atoms with Crippen LogP contribution in [-0.2, 0) is 11.2 Å². The van der Waals surface area contributed by atoms with Crippen molar-refractivity contribution in [3.05, 3.63) is 63.5 Å². The first-order valence-electron chi connectivity index (χ1n) is 10.5. The van der Waals surface area contributed by atoms with Crippen molar-refractivity contribution in [2.45, 2.75) is 46.1 Å². The maximum Gasteiger partial charge on any atom is 0.336 e. The van der Waals surface area contributed by atoms with Gasteiger partial charge in [0.25, 0.3) is 5.91 Å². The molecule has 2 heterocycles. The van der Waals surface area contributed by atoms with Crippen LogP contribution in [0.5, 0.6) is 11.5 Å². The van der Waals surface area contributed by atoms with E-state index in [9.17, 15) is 14.4 Å². The summed E-state index contributed by atoms with van der Waals surface area (Å²) in [5.41, 5.74) is 2.32. The fourth-order valence-electron chi connectivity index (χ4n) is 3.86. The molecule has 1 amide bonds. The summed E-state index contributed by atoms with van der Waals surface area (Å²) in [4.78, 5) is 35.9. The van der Waals surface area contributed by atoms with E-state index in [0.717, 1.165) is 12.0 Å². The van der Waals surface area contributed by atoms with Gasteiger partial charge >= 0.3 is 5.63 Å². The minimum atomic E-state index is -0.439. The molecule has 1 aliphatic rings. The van der Waals surface area contributed by atoms with Gasteiger partial charge in [-0.05, 0) is 70.4 Å². The number of fused-ring (bicyclic) bond motifs is 3. The van der Waals surface area contributed by atoms with Crippen LogP contribution in [0.25, 0.3) is 11.0 Å². The number of hydrogen-bond donors (Lipinski definition) is 1. The molecule has 0 unspecified atom stereocenters. The molecular formula is C25H25NO6. The Kier molecular flexibility index (Phi) is 5.50. The van der Waals surface area contributed by atoms with Gasteiger partial charge in [-0.25, -0.2) is 4.79 Å². The lowest BCUT2D eigenvalue weighted by atomic mass is 9.92. The lowest BCUT2D eigenvalue weighted by Gasteiger charge is -2.33. The first-order chi connectivity index (χ1) is 15.1. The third kappa shape index (κ3) is 4.37. The Bertz CT molecular complexity index is 1270. The number of carbonyl (C=O) groups excluding carboxylic acids is 2. The molecule has 0 spiro atoms. The van der Waals surface area contributed by atoms with E-state index in [1.807, 2.05) is 20.8 Å². The summed E-state index contributed by atoms with van der Waals surface area (Å²) in [6.45, 7) is 7.04. The second-order valence-corrected chi connectivity index (χ2v) is 8.64. The summed E-state index contributed by atoms with van der Waals surface area (Å²) in [7, 11) is 0. The summed E-state index contributed by atoms with van der Waals surface area (Å²) < 4.78 is 17.5. The molecule has 2 aromatic carbocycles. The molecule has 0 saturated carbocycles. The zero-order valence-electron chi connectivity index (χ0n) is 18.5. The van der Waals surface area contributed by atoms with Gasteiger partial charge in [0.15, 0.2) is 12.4 Å². The first kappa shape index (κ1) is 21.6. The van der Waals surface area contributed by atoms with Gasteiger partial charge in [0.1, 0.15) is 22.7 Å². The highest BCUT2D eigenvalue weighted by Gasteiger charge is 2.30. The Hall–Kier alpha value is -3.61. The zero-order valence-corrected chi connectivity index (χ0v) is 18.5. The summed E-state index contributed by atoms with van der Waals surface area (Å²) in [6.07, 6.45) is 1.50. The maximum atomic E-state index is 12.5. The predicted octanol–water partition coefficient (Wildman–Crippen LogP) is 4.43. The molecule has 32 heavy (non-hydrogen) atoms. The zero-order chi connectivity index (χ0) is 23.0. The number of hydrogen-bond acceptors (Lipinski definition) is 6. The number of benzene rings is 2. The molecule has 7 heteroatoms. The van der Waals surface area contributed by atoms with Gasteiger partial charge in [-0.2, -0.15) is 0 Å². The highest BCUT2D eigenvalue weighted by molar-refractivity contribution is 5.96. The van der Waals surface area contributed by atoms with E-state index >= 15 is 0 Å². The maximum absolute atomic E-state index is 12.5. The Morgan fingerprint density at radius 1 is 1.16 bits per heavy atom. The van der Waals surface area contributed by atoms with Crippen molar-refractivity contribution in [1.29, 1.82) is 0 Å². The van der Waals surface area contributed by atoms with Crippen LogP contribution in [0.4, 0.5) is 5.69 Å². The summed E-state index contributed by atoms with van der Waals surface area (Å²) in [6, 6.07) is 9.81. The van der Waals surface area contributed by atoms with Crippen molar-refractivity contribution in [3.63, 3.8) is 0 Å². The number of anilines is 1. The second-order valence-electron chi connectivity index (χ2n) is 8.64. The molecule has 7 nitrogen and oxygen atoms in total. The summed E-state index contributed by atoms with van der Waals surface area (Å²) in [5, 5.41) is 3.40. The molecule has 166 valence electrons. The number of amides is 1. The lowest BCUT2D eigenvalue weighted by molar-refractivity contribution is -0.118. The molecule has 0 bridgehead atoms. The average molecular weight is 435 g/mol. The van der Waals surface area contributed by atoms with E-state index in [1.165, 1.54) is 13.0 Å². The molecule has 0 saturated heterocycles. The monoisotopic (exact) mass is 435 g/mol. The summed E-state index contributed by atoms with van der Waals surface area (Å²) in [5.74, 6) is 0.609. The molecule has 0 atom stereocenters. The third-order valence-electron chi connectivity index (χ3n) is 5.54. The van der Waals surface area contributed by atoms with Crippen LogP contribution in [0.3, 0.4) is 0 Å². The van der Waals surface area contributed by atoms with Crippen LogP contribution >= 0.6 is 0 Å². The van der Waals surface area contributed by atoms with Gasteiger partial charge in [0.05, 0.1) is 5.39 Å². The highest BCUT2D eigenvalue weighted by Crippen LogP contribution is 2.42. The van der Waals surface area contributed by atoms with Gasteiger partial charge in [-0.3, -0.25) is 9.59 Å². The molecule has 1 aromatic heterocycles. The number of nitrogens with one attached hydrogen (secondary N) is 1. The molecule has 3 aromatic rings. The highest BCUT2D eigenvalue weighted by atomic mass is 16.5. The number of ketones is 1. The first-order valence-corrected chi connectivity index (χ1v) is 10.5. The van der Waals surface area contributed by atoms with Gasteiger partial charge < -0.3 is 19.2 Å². The van der Waals surface area contributed by atoms with Crippen molar-refractivity contribution < 1.29 is 23.5 Å². The second kappa shape index (κ2) is 8.15. The third-order valence-corrected chi connectivity index (χ3v) is 5.54. The number of aryl methyl sites for hydroxylation is 2. The van der Waals surface area contributed by atoms with Crippen molar-refractivity contribution in [2.75, 3.05) is 11.9 Å². The van der Waals surface area contributed by atoms with Gasteiger partial charge in [0.2, 0.25) is 0 Å².